The van der Waals surface area contributed by atoms with Crippen LogP contribution in [0.4, 0.5) is 68.5 Å². The van der Waals surface area contributed by atoms with E-state index in [0.717, 1.165) is 5.32 Å². The van der Waals surface area contributed by atoms with Crippen LogP contribution in [-0.4, -0.2) is 46.6 Å². The summed E-state index contributed by atoms with van der Waals surface area (Å²) in [6, 6.07) is 1.76. The van der Waals surface area contributed by atoms with Crippen LogP contribution in [-0.2, 0) is 4.79 Å². The van der Waals surface area contributed by atoms with E-state index in [0.29, 0.717) is 24.3 Å². The highest BCUT2D eigenvalue weighted by atomic mass is 19.4. The van der Waals surface area contributed by atoms with E-state index in [4.69, 9.17) is 0 Å². The smallest absolute Gasteiger partial charge is 0.321 e. The Kier molecular flexibility index (Phi) is 6.26. The van der Waals surface area contributed by atoms with Crippen molar-refractivity contribution < 1.29 is 66.8 Å². The van der Waals surface area contributed by atoms with Crippen LogP contribution in [0.5, 0.6) is 0 Å². The Bertz CT molecular complexity index is 849. The average molecular weight is 484 g/mol. The van der Waals surface area contributed by atoms with Crippen molar-refractivity contribution in [2.45, 2.75) is 35.8 Å². The highest BCUT2D eigenvalue weighted by molar-refractivity contribution is 5.97. The molecule has 0 saturated heterocycles. The van der Waals surface area contributed by atoms with Crippen molar-refractivity contribution in [1.82, 2.24) is 0 Å². The number of rotatable bonds is 7. The molecule has 1 N–H and O–H groups in total. The SMILES string of the molecule is O=C(Nc1ccc([N+](=O)[O-])cc1)C(F)(F)C(F)(F)C(F)(F)C(F)(F)C(F)(F)C(F)(F)F. The lowest BCUT2D eigenvalue weighted by Gasteiger charge is -2.39. The van der Waals surface area contributed by atoms with Crippen molar-refractivity contribution >= 4 is 17.3 Å². The molecule has 1 rings (SSSR count). The summed E-state index contributed by atoms with van der Waals surface area (Å²) in [6.45, 7) is 0. The van der Waals surface area contributed by atoms with Gasteiger partial charge < -0.3 is 5.32 Å². The number of nitro benzene ring substituents is 1. The predicted octanol–water partition coefficient (Wildman–Crippen LogP) is 5.27. The first-order valence-corrected chi connectivity index (χ1v) is 7.07. The second-order valence-electron chi connectivity index (χ2n) is 5.63. The van der Waals surface area contributed by atoms with E-state index < -0.39 is 58.0 Å². The fourth-order valence-electron chi connectivity index (χ4n) is 1.79. The summed E-state index contributed by atoms with van der Waals surface area (Å²) in [5.74, 6) is -42.4. The molecule has 0 radical (unpaired) electrons. The van der Waals surface area contributed by atoms with Crippen LogP contribution in [0.25, 0.3) is 0 Å². The number of carbonyl (C=O) groups is 1. The molecular weight excluding hydrogens is 479 g/mol. The first kappa shape index (κ1) is 26.2. The van der Waals surface area contributed by atoms with E-state index in [2.05, 4.69) is 0 Å². The maximum Gasteiger partial charge on any atom is 0.460 e. The van der Waals surface area contributed by atoms with Crippen molar-refractivity contribution in [2.75, 3.05) is 5.32 Å². The van der Waals surface area contributed by atoms with Crippen LogP contribution < -0.4 is 5.32 Å². The minimum Gasteiger partial charge on any atom is -0.321 e. The number of hydrogen-bond acceptors (Lipinski definition) is 3. The molecule has 0 aliphatic heterocycles. The summed E-state index contributed by atoms with van der Waals surface area (Å²) in [4.78, 5) is 20.6. The van der Waals surface area contributed by atoms with Crippen LogP contribution in [0.15, 0.2) is 24.3 Å². The average Bonchev–Trinajstić information content (AvgIpc) is 2.60. The van der Waals surface area contributed by atoms with Crippen LogP contribution >= 0.6 is 0 Å². The number of amides is 1. The molecule has 0 fully saturated rings. The zero-order valence-corrected chi connectivity index (χ0v) is 13.9. The third-order valence-electron chi connectivity index (χ3n) is 3.55. The van der Waals surface area contributed by atoms with Gasteiger partial charge in [0.25, 0.3) is 5.69 Å². The number of nitro groups is 1. The van der Waals surface area contributed by atoms with Gasteiger partial charge in [-0.3, -0.25) is 14.9 Å². The Morgan fingerprint density at radius 3 is 1.45 bits per heavy atom. The molecule has 0 aromatic heterocycles. The molecule has 0 unspecified atom stereocenters. The van der Waals surface area contributed by atoms with Gasteiger partial charge >= 0.3 is 41.7 Å². The highest BCUT2D eigenvalue weighted by Crippen LogP contribution is 2.60. The van der Waals surface area contributed by atoms with Crippen molar-refractivity contribution in [3.63, 3.8) is 0 Å². The standard InChI is InChI=1S/C13H5F13N2O3/c14-8(15,7(29)27-5-1-3-6(4-2-5)28(30)31)9(16,17)10(18,19)11(20,21)12(22,23)13(24,25)26/h1-4H,(H,27,29). The molecule has 18 heteroatoms. The fourth-order valence-corrected chi connectivity index (χ4v) is 1.79. The van der Waals surface area contributed by atoms with Crippen molar-refractivity contribution in [3.05, 3.63) is 34.4 Å². The van der Waals surface area contributed by atoms with E-state index in [1.54, 1.807) is 0 Å². The van der Waals surface area contributed by atoms with E-state index in [9.17, 15) is 72.0 Å². The molecule has 0 bridgehead atoms. The molecule has 176 valence electrons. The topological polar surface area (TPSA) is 72.2 Å². The number of nitrogens with zero attached hydrogens (tertiary/aromatic N) is 1. The van der Waals surface area contributed by atoms with E-state index in [1.165, 1.54) is 0 Å². The van der Waals surface area contributed by atoms with Gasteiger partial charge in [0.05, 0.1) is 4.92 Å². The Balaban J connectivity index is 3.35. The molecule has 5 nitrogen and oxygen atoms in total. The number of hydrogen-bond donors (Lipinski definition) is 1. The zero-order chi connectivity index (χ0) is 24.8. The van der Waals surface area contributed by atoms with Crippen LogP contribution in [0.2, 0.25) is 0 Å². The third-order valence-corrected chi connectivity index (χ3v) is 3.55. The second kappa shape index (κ2) is 7.40. The molecule has 0 spiro atoms. The Morgan fingerprint density at radius 2 is 1.10 bits per heavy atom. The predicted molar refractivity (Wildman–Crippen MR) is 72.5 cm³/mol. The van der Waals surface area contributed by atoms with E-state index in [-0.39, 0.29) is 0 Å². The molecule has 31 heavy (non-hydrogen) atoms. The number of halogens is 13. The van der Waals surface area contributed by atoms with Crippen molar-refractivity contribution in [2.24, 2.45) is 0 Å². The summed E-state index contributed by atoms with van der Waals surface area (Å²) in [7, 11) is 0. The van der Waals surface area contributed by atoms with Gasteiger partial charge in [0, 0.05) is 17.8 Å². The quantitative estimate of drug-likeness (QED) is 0.326. The summed E-state index contributed by atoms with van der Waals surface area (Å²) in [5, 5.41) is 11.2. The summed E-state index contributed by atoms with van der Waals surface area (Å²) in [5.41, 5.74) is -1.75. The summed E-state index contributed by atoms with van der Waals surface area (Å²) in [6.07, 6.45) is -7.56. The molecule has 1 aromatic carbocycles. The van der Waals surface area contributed by atoms with Crippen molar-refractivity contribution in [3.8, 4) is 0 Å². The number of nitrogens with one attached hydrogen (secondary N) is 1. The second-order valence-corrected chi connectivity index (χ2v) is 5.63. The van der Waals surface area contributed by atoms with Gasteiger partial charge in [-0.15, -0.1) is 0 Å². The van der Waals surface area contributed by atoms with Gasteiger partial charge in [0.15, 0.2) is 0 Å². The first-order chi connectivity index (χ1) is 13.6. The van der Waals surface area contributed by atoms with Gasteiger partial charge in [0.1, 0.15) is 0 Å². The molecule has 0 aliphatic carbocycles. The molecular formula is C13H5F13N2O3. The molecule has 1 aromatic rings. The molecule has 0 atom stereocenters. The normalized spacial score (nSPS) is 14.4. The van der Waals surface area contributed by atoms with Gasteiger partial charge in [-0.2, -0.15) is 57.1 Å². The van der Waals surface area contributed by atoms with Crippen molar-refractivity contribution in [1.29, 1.82) is 0 Å². The van der Waals surface area contributed by atoms with Crippen LogP contribution in [0, 0.1) is 10.1 Å². The molecule has 0 heterocycles. The van der Waals surface area contributed by atoms with Gasteiger partial charge in [-0.1, -0.05) is 0 Å². The number of alkyl halides is 13. The minimum absolute atomic E-state index is 0.398. The fraction of sp³-hybridized carbons (Fsp3) is 0.462. The Labute approximate surface area is 161 Å². The van der Waals surface area contributed by atoms with Crippen LogP contribution in [0.1, 0.15) is 0 Å². The highest BCUT2D eigenvalue weighted by Gasteiger charge is 2.91. The van der Waals surface area contributed by atoms with Crippen LogP contribution in [0.3, 0.4) is 0 Å². The number of anilines is 1. The summed E-state index contributed by atoms with van der Waals surface area (Å²) < 4.78 is 168. The number of non-ortho nitro benzene ring substituents is 1. The van der Waals surface area contributed by atoms with E-state index >= 15 is 0 Å². The Hall–Kier alpha value is -2.82. The Morgan fingerprint density at radius 1 is 0.710 bits per heavy atom. The van der Waals surface area contributed by atoms with Gasteiger partial charge in [-0.25, -0.2) is 0 Å². The number of benzene rings is 1. The lowest BCUT2D eigenvalue weighted by atomic mass is 9.93. The van der Waals surface area contributed by atoms with E-state index in [1.807, 2.05) is 0 Å². The molecule has 1 amide bonds. The maximum absolute atomic E-state index is 13.6. The maximum atomic E-state index is 13.6. The third kappa shape index (κ3) is 3.93. The lowest BCUT2D eigenvalue weighted by Crippen LogP contribution is -2.71. The zero-order valence-electron chi connectivity index (χ0n) is 13.9. The summed E-state index contributed by atoms with van der Waals surface area (Å²) >= 11 is 0. The van der Waals surface area contributed by atoms with Gasteiger partial charge in [0.2, 0.25) is 0 Å². The molecule has 0 saturated carbocycles. The molecule has 0 aliphatic rings. The monoisotopic (exact) mass is 484 g/mol. The lowest BCUT2D eigenvalue weighted by molar-refractivity contribution is -0.435. The largest absolute Gasteiger partial charge is 0.460 e. The minimum atomic E-state index is -8.13. The number of carbonyl (C=O) groups excluding carboxylic acids is 1. The van der Waals surface area contributed by atoms with Gasteiger partial charge in [-0.05, 0) is 12.1 Å². The first-order valence-electron chi connectivity index (χ1n) is 7.07.